The molecule has 0 unspecified atom stereocenters. The van der Waals surface area contributed by atoms with E-state index in [0.29, 0.717) is 24.9 Å². The normalized spacial score (nSPS) is 12.4. The van der Waals surface area contributed by atoms with Crippen LogP contribution in [0.2, 0.25) is 0 Å². The van der Waals surface area contributed by atoms with Crippen LogP contribution in [0.25, 0.3) is 6.08 Å². The Morgan fingerprint density at radius 2 is 1.93 bits per heavy atom. The van der Waals surface area contributed by atoms with Gasteiger partial charge in [0.25, 0.3) is 5.91 Å². The van der Waals surface area contributed by atoms with Crippen LogP contribution in [0.4, 0.5) is 0 Å². The molecule has 27 heavy (non-hydrogen) atoms. The number of carbonyl (C=O) groups is 1. The summed E-state index contributed by atoms with van der Waals surface area (Å²) in [6.07, 6.45) is 3.98. The Labute approximate surface area is 156 Å². The third-order valence-corrected chi connectivity index (χ3v) is 4.23. The van der Waals surface area contributed by atoms with E-state index in [9.17, 15) is 4.79 Å². The largest absolute Gasteiger partial charge is 0.494 e. The van der Waals surface area contributed by atoms with Gasteiger partial charge in [-0.25, -0.2) is 4.99 Å². The van der Waals surface area contributed by atoms with E-state index in [1.54, 1.807) is 10.9 Å². The Bertz CT molecular complexity index is 1060. The van der Waals surface area contributed by atoms with Crippen molar-refractivity contribution < 1.29 is 9.53 Å². The number of carbonyl (C=O) groups excluding carboxylic acids is 1. The molecule has 0 fully saturated rings. The van der Waals surface area contributed by atoms with E-state index in [2.05, 4.69) is 32.5 Å². The molecule has 0 bridgehead atoms. The Morgan fingerprint density at radius 1 is 1.04 bits per heavy atom. The van der Waals surface area contributed by atoms with Crippen LogP contribution in [0, 0.1) is 0 Å². The van der Waals surface area contributed by atoms with Gasteiger partial charge in [0, 0.05) is 17.7 Å². The minimum Gasteiger partial charge on any atom is -0.494 e. The highest BCUT2D eigenvalue weighted by Crippen LogP contribution is 2.07. The lowest BCUT2D eigenvalue weighted by Gasteiger charge is -2.05. The Morgan fingerprint density at radius 3 is 2.81 bits per heavy atom. The third-order valence-electron chi connectivity index (χ3n) is 4.23. The first kappa shape index (κ1) is 17.1. The number of tetrazole rings is 1. The Hall–Kier alpha value is -3.35. The minimum atomic E-state index is -0.214. The lowest BCUT2D eigenvalue weighted by molar-refractivity contribution is -0.112. The van der Waals surface area contributed by atoms with E-state index in [1.165, 1.54) is 11.6 Å². The van der Waals surface area contributed by atoms with Crippen molar-refractivity contribution in [3.63, 3.8) is 0 Å². The number of rotatable bonds is 8. The van der Waals surface area contributed by atoms with Crippen molar-refractivity contribution in [3.05, 3.63) is 70.5 Å². The first-order valence-electron chi connectivity index (χ1n) is 8.94. The van der Waals surface area contributed by atoms with Crippen LogP contribution in [-0.2, 0) is 17.8 Å². The zero-order chi connectivity index (χ0) is 18.5. The van der Waals surface area contributed by atoms with Gasteiger partial charge in [-0.2, -0.15) is 4.80 Å². The summed E-state index contributed by atoms with van der Waals surface area (Å²) >= 11 is 0. The smallest absolute Gasteiger partial charge is 0.270 e. The molecule has 0 spiro atoms. The number of benzene rings is 2. The number of fused-ring (bicyclic) bond motifs is 1. The predicted molar refractivity (Wildman–Crippen MR) is 98.5 cm³/mol. The van der Waals surface area contributed by atoms with Gasteiger partial charge in [0.05, 0.1) is 18.5 Å². The van der Waals surface area contributed by atoms with Crippen molar-refractivity contribution in [3.8, 4) is 5.75 Å². The van der Waals surface area contributed by atoms with Gasteiger partial charge >= 0.3 is 0 Å². The molecule has 2 aromatic carbocycles. The highest BCUT2D eigenvalue weighted by molar-refractivity contribution is 6.06. The molecule has 0 atom stereocenters. The van der Waals surface area contributed by atoms with E-state index in [-0.39, 0.29) is 5.91 Å². The maximum absolute atomic E-state index is 11.3. The third kappa shape index (κ3) is 4.44. The topological polar surface area (TPSA) is 82.3 Å². The van der Waals surface area contributed by atoms with Crippen LogP contribution in [0.5, 0.6) is 5.75 Å². The van der Waals surface area contributed by atoms with Gasteiger partial charge in [-0.1, -0.05) is 30.3 Å². The van der Waals surface area contributed by atoms with E-state index < -0.39 is 0 Å². The van der Waals surface area contributed by atoms with Gasteiger partial charge in [-0.3, -0.25) is 4.79 Å². The lowest BCUT2D eigenvalue weighted by Crippen LogP contribution is -2.20. The van der Waals surface area contributed by atoms with Crippen molar-refractivity contribution in [2.45, 2.75) is 25.8 Å². The highest BCUT2D eigenvalue weighted by atomic mass is 16.5. The van der Waals surface area contributed by atoms with Crippen LogP contribution in [0.3, 0.4) is 0 Å². The average molecular weight is 361 g/mol. The first-order valence-corrected chi connectivity index (χ1v) is 8.94. The molecule has 0 radical (unpaired) electrons. The number of aryl methyl sites for hydroxylation is 1. The fraction of sp³-hybridized carbons (Fsp3) is 0.250. The SMILES string of the molecule is O=C1C=c2cc(OCCCCn3nnc(Cc4ccccc4)n3)ccc2=N1. The molecule has 0 N–H and O–H groups in total. The average Bonchev–Trinajstić information content (AvgIpc) is 3.27. The van der Waals surface area contributed by atoms with Crippen LogP contribution in [-0.4, -0.2) is 32.7 Å². The van der Waals surface area contributed by atoms with Crippen LogP contribution >= 0.6 is 0 Å². The van der Waals surface area contributed by atoms with Crippen LogP contribution in [0.15, 0.2) is 53.5 Å². The number of hydrogen-bond acceptors (Lipinski definition) is 5. The monoisotopic (exact) mass is 361 g/mol. The maximum Gasteiger partial charge on any atom is 0.270 e. The van der Waals surface area contributed by atoms with Crippen molar-refractivity contribution >= 4 is 12.0 Å². The molecule has 3 aromatic rings. The molecule has 1 aromatic heterocycles. The van der Waals surface area contributed by atoms with Gasteiger partial charge in [0.1, 0.15) is 5.75 Å². The quantitative estimate of drug-likeness (QED) is 0.561. The summed E-state index contributed by atoms with van der Waals surface area (Å²) < 4.78 is 5.75. The van der Waals surface area contributed by atoms with Crippen molar-refractivity contribution in [2.75, 3.05) is 6.61 Å². The number of aromatic nitrogens is 4. The van der Waals surface area contributed by atoms with E-state index >= 15 is 0 Å². The molecule has 7 nitrogen and oxygen atoms in total. The van der Waals surface area contributed by atoms with Crippen molar-refractivity contribution in [2.24, 2.45) is 4.99 Å². The molecule has 1 aliphatic heterocycles. The number of ether oxygens (including phenoxy) is 1. The summed E-state index contributed by atoms with van der Waals surface area (Å²) in [5.41, 5.74) is 1.17. The summed E-state index contributed by atoms with van der Waals surface area (Å²) in [6, 6.07) is 15.6. The van der Waals surface area contributed by atoms with E-state index in [0.717, 1.165) is 29.6 Å². The molecule has 0 saturated heterocycles. The molecular weight excluding hydrogens is 342 g/mol. The second-order valence-electron chi connectivity index (χ2n) is 6.33. The predicted octanol–water partition coefficient (Wildman–Crippen LogP) is 1.06. The maximum atomic E-state index is 11.3. The van der Waals surface area contributed by atoms with Gasteiger partial charge in [0.15, 0.2) is 5.82 Å². The number of nitrogens with zero attached hydrogens (tertiary/aromatic N) is 5. The Kier molecular flexibility index (Phi) is 5.00. The molecule has 4 rings (SSSR count). The second-order valence-corrected chi connectivity index (χ2v) is 6.33. The molecule has 7 heteroatoms. The van der Waals surface area contributed by atoms with Crippen molar-refractivity contribution in [1.29, 1.82) is 0 Å². The van der Waals surface area contributed by atoms with E-state index in [1.807, 2.05) is 30.3 Å². The molecule has 1 amide bonds. The number of amides is 1. The molecule has 0 aliphatic carbocycles. The van der Waals surface area contributed by atoms with Crippen LogP contribution < -0.4 is 15.3 Å². The summed E-state index contributed by atoms with van der Waals surface area (Å²) in [5, 5.41) is 14.1. The van der Waals surface area contributed by atoms with Crippen molar-refractivity contribution in [1.82, 2.24) is 20.2 Å². The molecule has 2 heterocycles. The summed E-state index contributed by atoms with van der Waals surface area (Å²) in [7, 11) is 0. The summed E-state index contributed by atoms with van der Waals surface area (Å²) in [5.74, 6) is 1.26. The zero-order valence-electron chi connectivity index (χ0n) is 14.8. The fourth-order valence-electron chi connectivity index (χ4n) is 2.89. The number of hydrogen-bond donors (Lipinski definition) is 0. The zero-order valence-corrected chi connectivity index (χ0v) is 14.8. The standard InChI is InChI=1S/C20H19N5O2/c26-20-14-16-13-17(8-9-18(16)21-20)27-11-5-4-10-25-23-19(22-24-25)12-15-6-2-1-3-7-15/h1-3,6-9,13-14H,4-5,10-12H2. The van der Waals surface area contributed by atoms with E-state index in [4.69, 9.17) is 4.74 Å². The number of unbranched alkanes of at least 4 members (excludes halogenated alkanes) is 1. The van der Waals surface area contributed by atoms with Gasteiger partial charge in [0.2, 0.25) is 0 Å². The molecule has 136 valence electrons. The molecular formula is C20H19N5O2. The van der Waals surface area contributed by atoms with Gasteiger partial charge in [-0.05, 0) is 41.8 Å². The summed E-state index contributed by atoms with van der Waals surface area (Å²) in [4.78, 5) is 16.8. The second kappa shape index (κ2) is 7.90. The first-order chi connectivity index (χ1) is 13.3. The van der Waals surface area contributed by atoms with Gasteiger partial charge < -0.3 is 4.74 Å². The molecule has 1 aliphatic rings. The fourth-order valence-corrected chi connectivity index (χ4v) is 2.89. The lowest BCUT2D eigenvalue weighted by atomic mass is 10.1. The summed E-state index contributed by atoms with van der Waals surface area (Å²) in [6.45, 7) is 1.30. The minimum absolute atomic E-state index is 0.214. The molecule has 0 saturated carbocycles. The van der Waals surface area contributed by atoms with Gasteiger partial charge in [-0.15, -0.1) is 10.2 Å². The highest BCUT2D eigenvalue weighted by Gasteiger charge is 2.05. The Balaban J connectivity index is 1.21. The van der Waals surface area contributed by atoms with Crippen LogP contribution in [0.1, 0.15) is 24.2 Å².